The first-order valence-corrected chi connectivity index (χ1v) is 13.0. The number of nitrogens with zero attached hydrogens (tertiary/aromatic N) is 3. The topological polar surface area (TPSA) is 82.7 Å². The van der Waals surface area contributed by atoms with Crippen LogP contribution in [-0.4, -0.2) is 73.4 Å². The highest BCUT2D eigenvalue weighted by Crippen LogP contribution is 2.46. The molecule has 8 nitrogen and oxygen atoms in total. The Morgan fingerprint density at radius 1 is 0.974 bits per heavy atom. The largest absolute Gasteiger partial charge is 0.495 e. The summed E-state index contributed by atoms with van der Waals surface area (Å²) in [6, 6.07) is 15.0. The van der Waals surface area contributed by atoms with Gasteiger partial charge in [-0.3, -0.25) is 14.8 Å². The minimum Gasteiger partial charge on any atom is -0.495 e. The summed E-state index contributed by atoms with van der Waals surface area (Å²) < 4.78 is 10.8. The highest BCUT2D eigenvalue weighted by molar-refractivity contribution is 6.41. The van der Waals surface area contributed by atoms with Crippen LogP contribution in [0.1, 0.15) is 15.9 Å². The molecule has 1 amide bonds. The van der Waals surface area contributed by atoms with E-state index in [2.05, 4.69) is 32.4 Å². The highest BCUT2D eigenvalue weighted by atomic mass is 35.5. The Morgan fingerprint density at radius 3 is 2.26 bits per heavy atom. The molecule has 0 atom stereocenters. The number of piperazine rings is 1. The number of carbonyl (C=O) groups is 1. The van der Waals surface area contributed by atoms with Crippen LogP contribution in [-0.2, 0) is 6.54 Å². The molecular weight excluding hydrogens is 525 g/mol. The summed E-state index contributed by atoms with van der Waals surface area (Å²) in [4.78, 5) is 17.7. The zero-order valence-electron chi connectivity index (χ0n) is 21.5. The molecule has 1 aliphatic rings. The molecule has 0 unspecified atom stereocenters. The van der Waals surface area contributed by atoms with Gasteiger partial charge in [-0.2, -0.15) is 5.10 Å². The number of likely N-dealkylation sites (N-methyl/N-ethyl adjacent to an activating group) is 1. The van der Waals surface area contributed by atoms with Crippen molar-refractivity contribution in [2.45, 2.75) is 6.54 Å². The van der Waals surface area contributed by atoms with Gasteiger partial charge in [0.25, 0.3) is 5.91 Å². The summed E-state index contributed by atoms with van der Waals surface area (Å²) >= 11 is 13.2. The van der Waals surface area contributed by atoms with E-state index in [9.17, 15) is 4.79 Å². The molecule has 0 spiro atoms. The van der Waals surface area contributed by atoms with Crippen molar-refractivity contribution in [3.63, 3.8) is 0 Å². The van der Waals surface area contributed by atoms with E-state index in [1.165, 1.54) is 19.8 Å². The van der Waals surface area contributed by atoms with Gasteiger partial charge < -0.3 is 19.7 Å². The number of rotatable bonds is 7. The lowest BCUT2D eigenvalue weighted by Crippen LogP contribution is -2.43. The van der Waals surface area contributed by atoms with E-state index < -0.39 is 0 Å². The third-order valence-electron chi connectivity index (χ3n) is 6.88. The summed E-state index contributed by atoms with van der Waals surface area (Å²) in [5.74, 6) is 1.13. The molecule has 1 saturated heterocycles. The van der Waals surface area contributed by atoms with Crippen LogP contribution in [0, 0.1) is 0 Å². The number of methoxy groups -OCH3 is 2. The van der Waals surface area contributed by atoms with E-state index in [1.54, 1.807) is 6.07 Å². The number of anilines is 1. The van der Waals surface area contributed by atoms with Gasteiger partial charge in [0.1, 0.15) is 11.5 Å². The standard InChI is InChI=1S/C28H29Cl2N5O3/c1-34-10-12-35(13-11-34)16-17-4-6-18(7-5-17)28(36)31-27-20-9-8-19(14-21(20)32-33-27)24-25(29)22(37-2)15-23(38-3)26(24)30/h4-9,14-15H,10-13,16H2,1-3H3,(H2,31,32,33,36). The summed E-state index contributed by atoms with van der Waals surface area (Å²) in [6.07, 6.45) is 0. The van der Waals surface area contributed by atoms with Gasteiger partial charge in [0, 0.05) is 55.3 Å². The van der Waals surface area contributed by atoms with Crippen molar-refractivity contribution in [3.05, 3.63) is 69.7 Å². The molecular formula is C28H29Cl2N5O3. The number of H-pyrrole nitrogens is 1. The minimum absolute atomic E-state index is 0.225. The van der Waals surface area contributed by atoms with Crippen LogP contribution in [0.25, 0.3) is 22.0 Å². The summed E-state index contributed by atoms with van der Waals surface area (Å²) in [6.45, 7) is 5.14. The number of nitrogens with one attached hydrogen (secondary N) is 2. The molecule has 1 aliphatic heterocycles. The Kier molecular flexibility index (Phi) is 7.76. The maximum absolute atomic E-state index is 13.0. The maximum atomic E-state index is 13.0. The molecule has 0 saturated carbocycles. The van der Waals surface area contributed by atoms with Crippen LogP contribution in [0.2, 0.25) is 10.0 Å². The van der Waals surface area contributed by atoms with Crippen molar-refractivity contribution in [2.24, 2.45) is 0 Å². The van der Waals surface area contributed by atoms with Gasteiger partial charge in [-0.05, 0) is 42.4 Å². The molecule has 0 aliphatic carbocycles. The van der Waals surface area contributed by atoms with E-state index in [0.717, 1.165) is 43.7 Å². The third-order valence-corrected chi connectivity index (χ3v) is 7.63. The van der Waals surface area contributed by atoms with Crippen molar-refractivity contribution in [1.82, 2.24) is 20.0 Å². The molecule has 1 aromatic heterocycles. The smallest absolute Gasteiger partial charge is 0.256 e. The molecule has 0 radical (unpaired) electrons. The molecule has 38 heavy (non-hydrogen) atoms. The van der Waals surface area contributed by atoms with E-state index in [0.29, 0.717) is 44.0 Å². The number of fused-ring (bicyclic) bond motifs is 1. The lowest BCUT2D eigenvalue weighted by molar-refractivity contribution is 0.102. The SMILES string of the molecule is COc1cc(OC)c(Cl)c(-c2ccc3c(NC(=O)c4ccc(CN5CCN(C)CC5)cc4)n[nH]c3c2)c1Cl. The van der Waals surface area contributed by atoms with E-state index >= 15 is 0 Å². The average Bonchev–Trinajstić information content (AvgIpc) is 3.32. The van der Waals surface area contributed by atoms with Crippen LogP contribution < -0.4 is 14.8 Å². The first-order chi connectivity index (χ1) is 18.4. The van der Waals surface area contributed by atoms with E-state index in [-0.39, 0.29) is 5.91 Å². The average molecular weight is 554 g/mol. The Bertz CT molecular complexity index is 1440. The summed E-state index contributed by atoms with van der Waals surface area (Å²) in [5, 5.41) is 11.7. The first-order valence-electron chi connectivity index (χ1n) is 12.3. The predicted molar refractivity (Wildman–Crippen MR) is 152 cm³/mol. The lowest BCUT2D eigenvalue weighted by atomic mass is 10.0. The van der Waals surface area contributed by atoms with Crippen LogP contribution >= 0.6 is 23.2 Å². The zero-order valence-corrected chi connectivity index (χ0v) is 23.0. The van der Waals surface area contributed by atoms with E-state index in [4.69, 9.17) is 32.7 Å². The summed E-state index contributed by atoms with van der Waals surface area (Å²) in [7, 11) is 5.22. The molecule has 198 valence electrons. The molecule has 2 N–H and O–H groups in total. The molecule has 5 rings (SSSR count). The van der Waals surface area contributed by atoms with Crippen LogP contribution in [0.4, 0.5) is 5.82 Å². The lowest BCUT2D eigenvalue weighted by Gasteiger charge is -2.32. The van der Waals surface area contributed by atoms with Crippen molar-refractivity contribution >= 4 is 45.8 Å². The van der Waals surface area contributed by atoms with Gasteiger partial charge in [0.2, 0.25) is 0 Å². The number of halogens is 2. The minimum atomic E-state index is -0.225. The maximum Gasteiger partial charge on any atom is 0.256 e. The van der Waals surface area contributed by atoms with Gasteiger partial charge in [0.05, 0.1) is 29.8 Å². The molecule has 0 bridgehead atoms. The second-order valence-electron chi connectivity index (χ2n) is 9.35. The van der Waals surface area contributed by atoms with Gasteiger partial charge >= 0.3 is 0 Å². The van der Waals surface area contributed by atoms with Gasteiger partial charge in [-0.1, -0.05) is 41.4 Å². The van der Waals surface area contributed by atoms with Crippen molar-refractivity contribution in [2.75, 3.05) is 52.8 Å². The molecule has 10 heteroatoms. The van der Waals surface area contributed by atoms with Crippen LogP contribution in [0.3, 0.4) is 0 Å². The van der Waals surface area contributed by atoms with Gasteiger partial charge in [-0.15, -0.1) is 0 Å². The predicted octanol–water partition coefficient (Wildman–Crippen LogP) is 5.55. The Morgan fingerprint density at radius 2 is 1.63 bits per heavy atom. The number of benzene rings is 3. The zero-order chi connectivity index (χ0) is 26.8. The Hall–Kier alpha value is -3.30. The number of hydrogen-bond donors (Lipinski definition) is 2. The van der Waals surface area contributed by atoms with Crippen molar-refractivity contribution in [1.29, 1.82) is 0 Å². The van der Waals surface area contributed by atoms with Crippen LogP contribution in [0.5, 0.6) is 11.5 Å². The fraction of sp³-hybridized carbons (Fsp3) is 0.286. The van der Waals surface area contributed by atoms with Crippen molar-refractivity contribution < 1.29 is 14.3 Å². The first kappa shape index (κ1) is 26.3. The normalized spacial score (nSPS) is 14.6. The highest BCUT2D eigenvalue weighted by Gasteiger charge is 2.20. The second-order valence-corrected chi connectivity index (χ2v) is 10.1. The van der Waals surface area contributed by atoms with E-state index in [1.807, 2.05) is 42.5 Å². The van der Waals surface area contributed by atoms with Crippen LogP contribution in [0.15, 0.2) is 48.5 Å². The molecule has 4 aromatic rings. The molecule has 3 aromatic carbocycles. The number of ether oxygens (including phenoxy) is 2. The van der Waals surface area contributed by atoms with Gasteiger partial charge in [-0.25, -0.2) is 0 Å². The summed E-state index contributed by atoms with van der Waals surface area (Å²) in [5.41, 5.74) is 3.82. The number of aromatic amines is 1. The number of amides is 1. The fourth-order valence-electron chi connectivity index (χ4n) is 4.61. The quantitative estimate of drug-likeness (QED) is 0.312. The molecule has 2 heterocycles. The Labute approximate surface area is 231 Å². The molecule has 1 fully saturated rings. The number of aromatic nitrogens is 2. The Balaban J connectivity index is 1.33. The second kappa shape index (κ2) is 11.2. The number of carbonyl (C=O) groups excluding carboxylic acids is 1. The van der Waals surface area contributed by atoms with Gasteiger partial charge in [0.15, 0.2) is 5.82 Å². The monoisotopic (exact) mass is 553 g/mol. The fourth-order valence-corrected chi connectivity index (χ4v) is 5.33. The number of hydrogen-bond acceptors (Lipinski definition) is 6. The van der Waals surface area contributed by atoms with Crippen molar-refractivity contribution in [3.8, 4) is 22.6 Å². The third kappa shape index (κ3) is 5.31.